The van der Waals surface area contributed by atoms with E-state index in [1.807, 2.05) is 27.2 Å². The number of rotatable bonds is 55. The van der Waals surface area contributed by atoms with E-state index in [0.717, 1.165) is 135 Å². The molecule has 0 saturated heterocycles. The van der Waals surface area contributed by atoms with Gasteiger partial charge in [-0.15, -0.1) is 0 Å². The zero-order valence-corrected chi connectivity index (χ0v) is 54.8. The third-order valence-corrected chi connectivity index (χ3v) is 13.1. The van der Waals surface area contributed by atoms with Crippen LogP contribution in [0, 0.1) is 0 Å². The molecule has 0 aromatic heterocycles. The Morgan fingerprint density at radius 2 is 0.628 bits per heavy atom. The minimum absolute atomic E-state index is 0.0631. The van der Waals surface area contributed by atoms with E-state index in [-0.39, 0.29) is 26.1 Å². The first-order chi connectivity index (χ1) is 42.0. The second-order valence-electron chi connectivity index (χ2n) is 21.3. The van der Waals surface area contributed by atoms with Crippen molar-refractivity contribution in [2.24, 2.45) is 0 Å². The molecule has 0 aliphatic heterocycles. The molecule has 476 valence electrons. The zero-order chi connectivity index (χ0) is 62.6. The number of likely N-dealkylation sites (N-methyl/N-ethyl adjacent to an activating group) is 1. The van der Waals surface area contributed by atoms with E-state index < -0.39 is 32.5 Å². The fourth-order valence-electron chi connectivity index (χ4n) is 7.33. The van der Waals surface area contributed by atoms with E-state index in [0.29, 0.717) is 30.3 Å². The first-order valence-corrected chi connectivity index (χ1v) is 33.6. The first kappa shape index (κ1) is 80.1. The Bertz CT molecular complexity index is 2300. The molecule has 0 radical (unpaired) electrons. The summed E-state index contributed by atoms with van der Waals surface area (Å²) in [6.45, 7) is 3.84. The third kappa shape index (κ3) is 67.2. The number of phosphoric ester groups is 1. The highest BCUT2D eigenvalue weighted by molar-refractivity contribution is 7.45. The number of quaternary nitrogens is 1. The molecule has 0 bridgehead atoms. The van der Waals surface area contributed by atoms with Crippen molar-refractivity contribution in [2.45, 2.75) is 187 Å². The van der Waals surface area contributed by atoms with Crippen LogP contribution >= 0.6 is 7.82 Å². The summed E-state index contributed by atoms with van der Waals surface area (Å²) in [5, 5.41) is 0. The number of ether oxygens (including phenoxy) is 2. The predicted octanol–water partition coefficient (Wildman–Crippen LogP) is 20.4. The van der Waals surface area contributed by atoms with Gasteiger partial charge >= 0.3 is 11.9 Å². The highest BCUT2D eigenvalue weighted by Gasteiger charge is 2.21. The summed E-state index contributed by atoms with van der Waals surface area (Å²) in [5.74, 6) is -0.979. The van der Waals surface area contributed by atoms with Crippen molar-refractivity contribution >= 4 is 19.8 Å². The molecule has 10 heteroatoms. The van der Waals surface area contributed by atoms with Gasteiger partial charge in [-0.25, -0.2) is 0 Å². The predicted molar refractivity (Wildman–Crippen MR) is 368 cm³/mol. The number of hydrogen-bond donors (Lipinski definition) is 0. The van der Waals surface area contributed by atoms with Crippen LogP contribution in [0.4, 0.5) is 0 Å². The Balaban J connectivity index is 4.35. The van der Waals surface area contributed by atoms with Crippen molar-refractivity contribution < 1.29 is 42.1 Å². The van der Waals surface area contributed by atoms with Crippen LogP contribution in [0.1, 0.15) is 181 Å². The summed E-state index contributed by atoms with van der Waals surface area (Å²) < 4.78 is 34.0. The van der Waals surface area contributed by atoms with Gasteiger partial charge in [0.2, 0.25) is 0 Å². The van der Waals surface area contributed by atoms with E-state index in [1.165, 1.54) is 0 Å². The van der Waals surface area contributed by atoms with Crippen molar-refractivity contribution in [3.63, 3.8) is 0 Å². The quantitative estimate of drug-likeness (QED) is 0.0195. The van der Waals surface area contributed by atoms with E-state index in [2.05, 4.69) is 239 Å². The molecule has 0 aromatic carbocycles. The second-order valence-corrected chi connectivity index (χ2v) is 22.7. The number of hydrogen-bond acceptors (Lipinski definition) is 8. The molecule has 0 heterocycles. The van der Waals surface area contributed by atoms with Gasteiger partial charge in [-0.2, -0.15) is 0 Å². The van der Waals surface area contributed by atoms with Gasteiger partial charge in [-0.1, -0.05) is 245 Å². The van der Waals surface area contributed by atoms with Crippen LogP contribution in [-0.4, -0.2) is 70.0 Å². The van der Waals surface area contributed by atoms with Crippen LogP contribution in [0.25, 0.3) is 0 Å². The van der Waals surface area contributed by atoms with Gasteiger partial charge in [0.25, 0.3) is 7.82 Å². The maximum Gasteiger partial charge on any atom is 0.306 e. The van der Waals surface area contributed by atoms with Crippen molar-refractivity contribution in [2.75, 3.05) is 47.5 Å². The number of nitrogens with zero attached hydrogens (tertiary/aromatic N) is 1. The first-order valence-electron chi connectivity index (χ1n) is 32.1. The SMILES string of the molecule is CC/C=C\C/C=C\C/C=C\C/C=C\C/C=C\C/C=C\C/C=C\C/C=C\C/C=C\C/C=C\C/C=C\C/C=C\CCCCC(=O)OC(COC(=O)CCC/C=C\C/C=C\C/C=C\C/C=C\C/C=C\C/C=C\C/C=C\CC)COP(=O)([O-])OCC[N+](C)(C)C. The number of esters is 2. The van der Waals surface area contributed by atoms with Gasteiger partial charge in [0.05, 0.1) is 27.7 Å². The summed E-state index contributed by atoms with van der Waals surface area (Å²) in [4.78, 5) is 37.9. The van der Waals surface area contributed by atoms with Crippen molar-refractivity contribution in [1.29, 1.82) is 0 Å². The average Bonchev–Trinajstić information content (AvgIpc) is 3.56. The van der Waals surface area contributed by atoms with Crippen LogP contribution in [0.3, 0.4) is 0 Å². The van der Waals surface area contributed by atoms with Crippen LogP contribution < -0.4 is 4.89 Å². The summed E-state index contributed by atoms with van der Waals surface area (Å²) in [5.41, 5.74) is 0. The third-order valence-electron chi connectivity index (χ3n) is 12.2. The maximum absolute atomic E-state index is 12.8. The van der Waals surface area contributed by atoms with E-state index in [1.54, 1.807) is 0 Å². The molecule has 86 heavy (non-hydrogen) atoms. The fraction of sp³-hybridized carbons (Fsp3) is 0.474. The molecular weight excluding hydrogens is 1090 g/mol. The molecule has 2 atom stereocenters. The Morgan fingerprint density at radius 1 is 0.360 bits per heavy atom. The smallest absolute Gasteiger partial charge is 0.306 e. The fourth-order valence-corrected chi connectivity index (χ4v) is 8.06. The lowest BCUT2D eigenvalue weighted by Gasteiger charge is -2.28. The highest BCUT2D eigenvalue weighted by atomic mass is 31.2. The molecular formula is C76H114NO8P. The Labute approximate surface area is 524 Å². The molecule has 0 spiro atoms. The summed E-state index contributed by atoms with van der Waals surface area (Å²) in [6, 6.07) is 0. The molecule has 0 aromatic rings. The molecule has 2 unspecified atom stereocenters. The second kappa shape index (κ2) is 63.6. The lowest BCUT2D eigenvalue weighted by Crippen LogP contribution is -2.37. The van der Waals surface area contributed by atoms with E-state index >= 15 is 0 Å². The van der Waals surface area contributed by atoms with Gasteiger partial charge in [0.15, 0.2) is 6.10 Å². The van der Waals surface area contributed by atoms with Crippen LogP contribution in [0.5, 0.6) is 0 Å². The van der Waals surface area contributed by atoms with E-state index in [9.17, 15) is 19.0 Å². The summed E-state index contributed by atoms with van der Waals surface area (Å²) >= 11 is 0. The highest BCUT2D eigenvalue weighted by Crippen LogP contribution is 2.38. The van der Waals surface area contributed by atoms with Gasteiger partial charge < -0.3 is 27.9 Å². The topological polar surface area (TPSA) is 111 Å². The molecule has 0 N–H and O–H groups in total. The molecule has 0 rings (SSSR count). The Morgan fingerprint density at radius 3 is 0.919 bits per heavy atom. The van der Waals surface area contributed by atoms with Crippen LogP contribution in [-0.2, 0) is 32.7 Å². The van der Waals surface area contributed by atoms with Crippen LogP contribution in [0.15, 0.2) is 231 Å². The lowest BCUT2D eigenvalue weighted by atomic mass is 10.2. The largest absolute Gasteiger partial charge is 0.756 e. The minimum atomic E-state index is -4.68. The van der Waals surface area contributed by atoms with Gasteiger partial charge in [0.1, 0.15) is 19.8 Å². The van der Waals surface area contributed by atoms with Crippen molar-refractivity contribution in [3.8, 4) is 0 Å². The van der Waals surface area contributed by atoms with Crippen molar-refractivity contribution in [3.05, 3.63) is 231 Å². The number of phosphoric acid groups is 1. The van der Waals surface area contributed by atoms with Gasteiger partial charge in [-0.3, -0.25) is 14.2 Å². The lowest BCUT2D eigenvalue weighted by molar-refractivity contribution is -0.870. The van der Waals surface area contributed by atoms with Gasteiger partial charge in [0, 0.05) is 12.8 Å². The molecule has 0 fully saturated rings. The van der Waals surface area contributed by atoms with E-state index in [4.69, 9.17) is 18.5 Å². The Hall–Kier alpha value is -5.93. The number of allylic oxidation sites excluding steroid dienone is 38. The number of carbonyl (C=O) groups excluding carboxylic acids is 2. The monoisotopic (exact) mass is 1200 g/mol. The van der Waals surface area contributed by atoms with Crippen molar-refractivity contribution in [1.82, 2.24) is 0 Å². The molecule has 0 amide bonds. The summed E-state index contributed by atoms with van der Waals surface area (Å²) in [6.07, 6.45) is 104. The molecule has 0 aliphatic rings. The maximum atomic E-state index is 12.8. The van der Waals surface area contributed by atoms with Gasteiger partial charge in [-0.05, 0) is 154 Å². The minimum Gasteiger partial charge on any atom is -0.756 e. The Kier molecular flexibility index (Phi) is 59.2. The normalized spacial score (nSPS) is 14.7. The molecule has 0 aliphatic carbocycles. The average molecular weight is 1200 g/mol. The zero-order valence-electron chi connectivity index (χ0n) is 53.9. The number of unbranched alkanes of at least 4 members (excludes halogenated alkanes) is 3. The molecule has 0 saturated carbocycles. The van der Waals surface area contributed by atoms with Crippen LogP contribution in [0.2, 0.25) is 0 Å². The molecule has 9 nitrogen and oxygen atoms in total. The number of carbonyl (C=O) groups is 2. The summed E-state index contributed by atoms with van der Waals surface area (Å²) in [7, 11) is 1.06. The standard InChI is InChI=1S/C76H114NO8P/c1-6-8-10-12-14-16-18-20-22-24-26-28-30-31-32-33-34-35-36-37-38-39-40-41-42-43-44-45-47-49-51-53-55-57-59-61-63-65-67-69-76(79)85-74(73-84-86(80,81)83-71-70-77(3,4)5)72-82-75(78)68-66-64-62-60-58-56-54-52-50-48-46-29-27-25-23-21-19-17-15-13-11-9-7-2/h8-11,14-17,20-23,26-29,31-32,34-35,37-38,40-41,43-44,47-50,53-56,59-62,74H,6-7,12-13,18-19,24-25,30,33,36,39,42,45-46,51-52,57-58,63-73H2,1-5H3/b10-8-,11-9-,16-14-,17-15-,22-20-,23-21-,28-26-,29-27-,32-31-,35-34-,38-37-,41-40-,44-43-,49-47-,50-48-,55-53-,56-54-,61-59-,62-60-.